The Morgan fingerprint density at radius 1 is 1.11 bits per heavy atom. The van der Waals surface area contributed by atoms with Crippen LogP contribution in [0.1, 0.15) is 25.3 Å². The largest absolute Gasteiger partial charge is 0.489 e. The molecule has 1 aliphatic rings. The Bertz CT molecular complexity index is 784. The highest BCUT2D eigenvalue weighted by Gasteiger charge is 2.29. The van der Waals surface area contributed by atoms with Gasteiger partial charge in [0.05, 0.1) is 12.0 Å². The molecule has 148 valence electrons. The van der Waals surface area contributed by atoms with Gasteiger partial charge in [0.1, 0.15) is 12.4 Å². The molecule has 0 saturated carbocycles. The van der Waals surface area contributed by atoms with E-state index in [0.29, 0.717) is 38.2 Å². The fourth-order valence-electron chi connectivity index (χ4n) is 3.32. The van der Waals surface area contributed by atoms with Crippen LogP contribution < -0.4 is 10.1 Å². The number of piperidine rings is 1. The summed E-state index contributed by atoms with van der Waals surface area (Å²) in [6.45, 7) is 3.60. The number of benzene rings is 2. The molecular weight excluding hydrogens is 356 g/mol. The van der Waals surface area contributed by atoms with E-state index in [1.54, 1.807) is 0 Å². The van der Waals surface area contributed by atoms with Crippen LogP contribution in [-0.2, 0) is 16.2 Å². The van der Waals surface area contributed by atoms with E-state index in [1.165, 1.54) is 0 Å². The number of ether oxygens (including phenoxy) is 1. The SMILES string of the molecule is CC(C(=O)Nc1ccc(OCc2ccccc2)cc1)N1CCC(C(=O)O)CC1. The molecule has 0 radical (unpaired) electrons. The van der Waals surface area contributed by atoms with Gasteiger partial charge in [-0.05, 0) is 62.7 Å². The van der Waals surface area contributed by atoms with Crippen molar-refractivity contribution in [3.63, 3.8) is 0 Å². The lowest BCUT2D eigenvalue weighted by Crippen LogP contribution is -2.46. The zero-order chi connectivity index (χ0) is 19.9. The molecule has 2 aromatic rings. The molecule has 0 bridgehead atoms. The van der Waals surface area contributed by atoms with Crippen molar-refractivity contribution in [1.29, 1.82) is 0 Å². The maximum absolute atomic E-state index is 12.5. The number of likely N-dealkylation sites (tertiary alicyclic amines) is 1. The predicted molar refractivity (Wildman–Crippen MR) is 107 cm³/mol. The number of aliphatic carboxylic acids is 1. The molecule has 1 atom stereocenters. The van der Waals surface area contributed by atoms with Gasteiger partial charge < -0.3 is 15.2 Å². The van der Waals surface area contributed by atoms with Gasteiger partial charge in [-0.2, -0.15) is 0 Å². The summed E-state index contributed by atoms with van der Waals surface area (Å²) in [4.78, 5) is 25.6. The summed E-state index contributed by atoms with van der Waals surface area (Å²) >= 11 is 0. The monoisotopic (exact) mass is 382 g/mol. The van der Waals surface area contributed by atoms with Crippen molar-refractivity contribution in [2.24, 2.45) is 5.92 Å². The summed E-state index contributed by atoms with van der Waals surface area (Å²) in [6, 6.07) is 16.9. The average Bonchev–Trinajstić information content (AvgIpc) is 2.73. The third kappa shape index (κ3) is 5.33. The summed E-state index contributed by atoms with van der Waals surface area (Å²) in [5, 5.41) is 12.0. The lowest BCUT2D eigenvalue weighted by atomic mass is 9.96. The molecule has 6 heteroatoms. The van der Waals surface area contributed by atoms with Crippen LogP contribution in [0.25, 0.3) is 0 Å². The average molecular weight is 382 g/mol. The molecule has 3 rings (SSSR count). The lowest BCUT2D eigenvalue weighted by molar-refractivity contribution is -0.143. The first-order chi connectivity index (χ1) is 13.5. The van der Waals surface area contributed by atoms with Gasteiger partial charge in [0.25, 0.3) is 0 Å². The fourth-order valence-corrected chi connectivity index (χ4v) is 3.32. The number of hydrogen-bond acceptors (Lipinski definition) is 4. The summed E-state index contributed by atoms with van der Waals surface area (Å²) in [7, 11) is 0. The van der Waals surface area contributed by atoms with Gasteiger partial charge in [-0.25, -0.2) is 0 Å². The van der Waals surface area contributed by atoms with Crippen molar-refractivity contribution in [2.45, 2.75) is 32.4 Å². The number of anilines is 1. The first-order valence-electron chi connectivity index (χ1n) is 9.57. The van der Waals surface area contributed by atoms with E-state index >= 15 is 0 Å². The van der Waals surface area contributed by atoms with Gasteiger partial charge >= 0.3 is 5.97 Å². The molecule has 0 aliphatic carbocycles. The van der Waals surface area contributed by atoms with Crippen molar-refractivity contribution in [3.8, 4) is 5.75 Å². The van der Waals surface area contributed by atoms with Crippen LogP contribution in [-0.4, -0.2) is 41.0 Å². The third-order valence-electron chi connectivity index (χ3n) is 5.18. The zero-order valence-corrected chi connectivity index (χ0v) is 16.0. The minimum Gasteiger partial charge on any atom is -0.489 e. The Kier molecular flexibility index (Phi) is 6.66. The number of carboxylic acids is 1. The number of nitrogens with zero attached hydrogens (tertiary/aromatic N) is 1. The molecule has 1 fully saturated rings. The summed E-state index contributed by atoms with van der Waals surface area (Å²) in [5.41, 5.74) is 1.81. The molecule has 0 spiro atoms. The Labute approximate surface area is 165 Å². The first kappa shape index (κ1) is 19.9. The number of amides is 1. The molecule has 0 aromatic heterocycles. The molecule has 2 aromatic carbocycles. The van der Waals surface area contributed by atoms with Gasteiger partial charge in [-0.3, -0.25) is 14.5 Å². The zero-order valence-electron chi connectivity index (χ0n) is 16.0. The summed E-state index contributed by atoms with van der Waals surface area (Å²) in [6.07, 6.45) is 1.17. The topological polar surface area (TPSA) is 78.9 Å². The van der Waals surface area contributed by atoms with E-state index in [-0.39, 0.29) is 17.9 Å². The number of hydrogen-bond donors (Lipinski definition) is 2. The number of nitrogens with one attached hydrogen (secondary N) is 1. The van der Waals surface area contributed by atoms with Crippen LogP contribution >= 0.6 is 0 Å². The highest BCUT2D eigenvalue weighted by molar-refractivity contribution is 5.94. The Morgan fingerprint density at radius 3 is 2.36 bits per heavy atom. The molecule has 1 saturated heterocycles. The minimum absolute atomic E-state index is 0.0910. The van der Waals surface area contributed by atoms with Crippen LogP contribution in [0.15, 0.2) is 54.6 Å². The number of rotatable bonds is 7. The van der Waals surface area contributed by atoms with Gasteiger partial charge in [-0.15, -0.1) is 0 Å². The Morgan fingerprint density at radius 2 is 1.75 bits per heavy atom. The van der Waals surface area contributed by atoms with E-state index in [0.717, 1.165) is 11.3 Å². The highest BCUT2D eigenvalue weighted by atomic mass is 16.5. The normalized spacial score (nSPS) is 16.3. The quantitative estimate of drug-likeness (QED) is 0.767. The number of carbonyl (C=O) groups excluding carboxylic acids is 1. The summed E-state index contributed by atoms with van der Waals surface area (Å²) < 4.78 is 5.76. The van der Waals surface area contributed by atoms with Crippen LogP contribution in [0.5, 0.6) is 5.75 Å². The molecule has 1 aliphatic heterocycles. The number of carboxylic acid groups (broad SMARTS) is 1. The second-order valence-electron chi connectivity index (χ2n) is 7.11. The molecule has 28 heavy (non-hydrogen) atoms. The first-order valence-corrected chi connectivity index (χ1v) is 9.57. The molecule has 6 nitrogen and oxygen atoms in total. The van der Waals surface area contributed by atoms with Gasteiger partial charge in [-0.1, -0.05) is 30.3 Å². The smallest absolute Gasteiger partial charge is 0.306 e. The fraction of sp³-hybridized carbons (Fsp3) is 0.364. The van der Waals surface area contributed by atoms with Crippen molar-refractivity contribution < 1.29 is 19.4 Å². The summed E-state index contributed by atoms with van der Waals surface area (Å²) in [5.74, 6) is -0.390. The van der Waals surface area contributed by atoms with Gasteiger partial charge in [0.15, 0.2) is 0 Å². The van der Waals surface area contributed by atoms with Crippen LogP contribution in [0.2, 0.25) is 0 Å². The lowest BCUT2D eigenvalue weighted by Gasteiger charge is -2.33. The van der Waals surface area contributed by atoms with E-state index < -0.39 is 5.97 Å². The third-order valence-corrected chi connectivity index (χ3v) is 5.18. The Balaban J connectivity index is 1.48. The van der Waals surface area contributed by atoms with Crippen molar-refractivity contribution in [1.82, 2.24) is 4.90 Å². The van der Waals surface area contributed by atoms with Crippen LogP contribution in [0, 0.1) is 5.92 Å². The van der Waals surface area contributed by atoms with E-state index in [9.17, 15) is 9.59 Å². The van der Waals surface area contributed by atoms with Crippen molar-refractivity contribution in [2.75, 3.05) is 18.4 Å². The molecule has 2 N–H and O–H groups in total. The predicted octanol–water partition coefficient (Wildman–Crippen LogP) is 3.39. The second-order valence-corrected chi connectivity index (χ2v) is 7.11. The molecule has 1 unspecified atom stereocenters. The Hall–Kier alpha value is -2.86. The van der Waals surface area contributed by atoms with Crippen LogP contribution in [0.3, 0.4) is 0 Å². The van der Waals surface area contributed by atoms with Crippen molar-refractivity contribution in [3.05, 3.63) is 60.2 Å². The maximum Gasteiger partial charge on any atom is 0.306 e. The van der Waals surface area contributed by atoms with E-state index in [2.05, 4.69) is 5.32 Å². The van der Waals surface area contributed by atoms with Crippen molar-refractivity contribution >= 4 is 17.6 Å². The minimum atomic E-state index is -0.744. The maximum atomic E-state index is 12.5. The van der Waals surface area contributed by atoms with Gasteiger partial charge in [0, 0.05) is 5.69 Å². The highest BCUT2D eigenvalue weighted by Crippen LogP contribution is 2.21. The van der Waals surface area contributed by atoms with E-state index in [4.69, 9.17) is 9.84 Å². The molecular formula is C22H26N2O4. The molecule has 1 heterocycles. The second kappa shape index (κ2) is 9.37. The van der Waals surface area contributed by atoms with Gasteiger partial charge in [0.2, 0.25) is 5.91 Å². The number of carbonyl (C=O) groups is 2. The van der Waals surface area contributed by atoms with E-state index in [1.807, 2.05) is 66.4 Å². The molecule has 1 amide bonds. The van der Waals surface area contributed by atoms with Crippen LogP contribution in [0.4, 0.5) is 5.69 Å². The standard InChI is InChI=1S/C22H26N2O4/c1-16(24-13-11-18(12-14-24)22(26)27)21(25)23-19-7-9-20(10-8-19)28-15-17-5-3-2-4-6-17/h2-10,16,18H,11-15H2,1H3,(H,23,25)(H,26,27).